The van der Waals surface area contributed by atoms with Crippen LogP contribution in [-0.2, 0) is 0 Å². The number of aryl methyl sites for hydroxylation is 1. The molecule has 0 aliphatic heterocycles. The number of aromatic nitrogens is 2. The van der Waals surface area contributed by atoms with Gasteiger partial charge in [0.05, 0.1) is 18.4 Å². The molecule has 1 unspecified atom stereocenters. The number of aliphatic hydroxyl groups excluding tert-OH is 2. The van der Waals surface area contributed by atoms with Crippen LogP contribution >= 0.6 is 0 Å². The predicted molar refractivity (Wildman–Crippen MR) is 76.6 cm³/mol. The van der Waals surface area contributed by atoms with E-state index in [1.165, 1.54) is 6.07 Å². The van der Waals surface area contributed by atoms with E-state index in [-0.39, 0.29) is 18.7 Å². The van der Waals surface area contributed by atoms with Crippen LogP contribution in [-0.4, -0.2) is 39.7 Å². The summed E-state index contributed by atoms with van der Waals surface area (Å²) in [6, 6.07) is 8.79. The molecular formula is C14H17N3O3. The average molecular weight is 275 g/mol. The maximum atomic E-state index is 11.0. The molecule has 106 valence electrons. The molecule has 0 fully saturated rings. The molecule has 6 heteroatoms. The Bertz CT molecular complexity index is 619. The van der Waals surface area contributed by atoms with Gasteiger partial charge in [-0.2, -0.15) is 5.10 Å². The van der Waals surface area contributed by atoms with E-state index in [0.29, 0.717) is 5.69 Å². The number of H-pyrrole nitrogens is 1. The molecule has 0 aliphatic rings. The van der Waals surface area contributed by atoms with Crippen LogP contribution in [0.3, 0.4) is 0 Å². The molecule has 0 saturated carbocycles. The summed E-state index contributed by atoms with van der Waals surface area (Å²) in [6.45, 7) is 1.92. The van der Waals surface area contributed by atoms with Crippen LogP contribution in [0.15, 0.2) is 35.1 Å². The number of hydrogen-bond donors (Lipinski definition) is 4. The van der Waals surface area contributed by atoms with Crippen molar-refractivity contribution in [3.63, 3.8) is 0 Å². The van der Waals surface area contributed by atoms with E-state index in [0.717, 1.165) is 16.8 Å². The summed E-state index contributed by atoms with van der Waals surface area (Å²) < 4.78 is 0. The second-order valence-corrected chi connectivity index (χ2v) is 4.55. The van der Waals surface area contributed by atoms with Gasteiger partial charge in [0, 0.05) is 23.9 Å². The van der Waals surface area contributed by atoms with Crippen LogP contribution in [0.4, 0.5) is 5.69 Å². The molecule has 6 nitrogen and oxygen atoms in total. The van der Waals surface area contributed by atoms with Crippen molar-refractivity contribution in [1.29, 1.82) is 0 Å². The predicted octanol–water partition coefficient (Wildman–Crippen LogP) is 0.510. The molecule has 1 aromatic carbocycles. The van der Waals surface area contributed by atoms with E-state index >= 15 is 0 Å². The first-order valence-corrected chi connectivity index (χ1v) is 6.29. The molecule has 20 heavy (non-hydrogen) atoms. The van der Waals surface area contributed by atoms with E-state index in [1.54, 1.807) is 6.07 Å². The van der Waals surface area contributed by atoms with Crippen LogP contribution < -0.4 is 10.9 Å². The van der Waals surface area contributed by atoms with Gasteiger partial charge in [-0.15, -0.1) is 0 Å². The highest BCUT2D eigenvalue weighted by Crippen LogP contribution is 2.23. The van der Waals surface area contributed by atoms with Crippen LogP contribution in [0.25, 0.3) is 11.3 Å². The molecule has 2 aromatic rings. The molecule has 1 aromatic heterocycles. The van der Waals surface area contributed by atoms with Crippen molar-refractivity contribution in [3.05, 3.63) is 46.2 Å². The lowest BCUT2D eigenvalue weighted by Gasteiger charge is -2.13. The summed E-state index contributed by atoms with van der Waals surface area (Å²) in [4.78, 5) is 11.0. The van der Waals surface area contributed by atoms with Crippen LogP contribution in [0, 0.1) is 6.92 Å². The SMILES string of the molecule is Cc1ccc(-c2ccc(=O)[nH]n2)cc1NCC(O)CO. The number of nitrogens with one attached hydrogen (secondary N) is 2. The summed E-state index contributed by atoms with van der Waals surface area (Å²) in [5, 5.41) is 27.6. The molecule has 1 atom stereocenters. The zero-order chi connectivity index (χ0) is 14.5. The maximum absolute atomic E-state index is 11.0. The molecule has 0 amide bonds. The first kappa shape index (κ1) is 14.2. The minimum atomic E-state index is -0.802. The number of hydrogen-bond acceptors (Lipinski definition) is 5. The van der Waals surface area contributed by atoms with E-state index in [1.807, 2.05) is 25.1 Å². The second kappa shape index (κ2) is 6.31. The van der Waals surface area contributed by atoms with Crippen molar-refractivity contribution in [2.45, 2.75) is 13.0 Å². The fourth-order valence-corrected chi connectivity index (χ4v) is 1.77. The van der Waals surface area contributed by atoms with Gasteiger partial charge in [0.15, 0.2) is 0 Å². The van der Waals surface area contributed by atoms with Crippen LogP contribution in [0.1, 0.15) is 5.56 Å². The van der Waals surface area contributed by atoms with Gasteiger partial charge < -0.3 is 15.5 Å². The molecule has 0 aliphatic carbocycles. The van der Waals surface area contributed by atoms with Gasteiger partial charge in [-0.3, -0.25) is 4.79 Å². The molecule has 0 spiro atoms. The summed E-state index contributed by atoms with van der Waals surface area (Å²) in [5.41, 5.74) is 3.14. The van der Waals surface area contributed by atoms with Crippen molar-refractivity contribution in [2.75, 3.05) is 18.5 Å². The Morgan fingerprint density at radius 1 is 1.35 bits per heavy atom. The van der Waals surface area contributed by atoms with Crippen molar-refractivity contribution in [3.8, 4) is 11.3 Å². The number of anilines is 1. The summed E-state index contributed by atoms with van der Waals surface area (Å²) in [5.74, 6) is 0. The lowest BCUT2D eigenvalue weighted by Crippen LogP contribution is -2.23. The Balaban J connectivity index is 2.23. The largest absolute Gasteiger partial charge is 0.394 e. The Morgan fingerprint density at radius 2 is 2.15 bits per heavy atom. The Hall–Kier alpha value is -2.18. The van der Waals surface area contributed by atoms with E-state index < -0.39 is 6.10 Å². The lowest BCUT2D eigenvalue weighted by atomic mass is 10.1. The third-order valence-corrected chi connectivity index (χ3v) is 2.95. The molecule has 0 saturated heterocycles. The van der Waals surface area contributed by atoms with Crippen molar-refractivity contribution < 1.29 is 10.2 Å². The average Bonchev–Trinajstić information content (AvgIpc) is 2.47. The molecule has 0 bridgehead atoms. The standard InChI is InChI=1S/C14H17N3O3/c1-9-2-3-10(12-4-5-14(20)17-16-12)6-13(9)15-7-11(19)8-18/h2-6,11,15,18-19H,7-8H2,1H3,(H,17,20). The monoisotopic (exact) mass is 275 g/mol. The lowest BCUT2D eigenvalue weighted by molar-refractivity contribution is 0.105. The molecule has 1 heterocycles. The molecule has 0 radical (unpaired) electrons. The first-order valence-electron chi connectivity index (χ1n) is 6.29. The highest BCUT2D eigenvalue weighted by molar-refractivity contribution is 5.67. The number of aliphatic hydroxyl groups is 2. The first-order chi connectivity index (χ1) is 9.60. The summed E-state index contributed by atoms with van der Waals surface area (Å²) in [6.07, 6.45) is -0.802. The number of nitrogens with zero attached hydrogens (tertiary/aromatic N) is 1. The van der Waals surface area contributed by atoms with E-state index in [9.17, 15) is 9.90 Å². The van der Waals surface area contributed by atoms with Crippen molar-refractivity contribution in [2.24, 2.45) is 0 Å². The van der Waals surface area contributed by atoms with Gasteiger partial charge >= 0.3 is 0 Å². The zero-order valence-corrected chi connectivity index (χ0v) is 11.1. The molecular weight excluding hydrogens is 258 g/mol. The third kappa shape index (κ3) is 3.43. The van der Waals surface area contributed by atoms with Crippen LogP contribution in [0.2, 0.25) is 0 Å². The fourth-order valence-electron chi connectivity index (χ4n) is 1.77. The second-order valence-electron chi connectivity index (χ2n) is 4.55. The van der Waals surface area contributed by atoms with Gasteiger partial charge in [0.2, 0.25) is 0 Å². The minimum absolute atomic E-state index is 0.245. The third-order valence-electron chi connectivity index (χ3n) is 2.95. The normalized spacial score (nSPS) is 12.2. The van der Waals surface area contributed by atoms with Crippen molar-refractivity contribution in [1.82, 2.24) is 10.2 Å². The van der Waals surface area contributed by atoms with Crippen LogP contribution in [0.5, 0.6) is 0 Å². The summed E-state index contributed by atoms with van der Waals surface area (Å²) >= 11 is 0. The number of aromatic amines is 1. The fraction of sp³-hybridized carbons (Fsp3) is 0.286. The van der Waals surface area contributed by atoms with Gasteiger partial charge in [-0.05, 0) is 24.6 Å². The minimum Gasteiger partial charge on any atom is -0.394 e. The topological polar surface area (TPSA) is 98.2 Å². The maximum Gasteiger partial charge on any atom is 0.264 e. The molecule has 4 N–H and O–H groups in total. The van der Waals surface area contributed by atoms with Gasteiger partial charge in [-0.25, -0.2) is 5.10 Å². The zero-order valence-electron chi connectivity index (χ0n) is 11.1. The smallest absolute Gasteiger partial charge is 0.264 e. The van der Waals surface area contributed by atoms with Crippen molar-refractivity contribution >= 4 is 5.69 Å². The molecule has 2 rings (SSSR count). The van der Waals surface area contributed by atoms with Gasteiger partial charge in [-0.1, -0.05) is 12.1 Å². The Morgan fingerprint density at radius 3 is 2.80 bits per heavy atom. The van der Waals surface area contributed by atoms with E-state index in [2.05, 4.69) is 15.5 Å². The van der Waals surface area contributed by atoms with Gasteiger partial charge in [0.25, 0.3) is 5.56 Å². The quantitative estimate of drug-likeness (QED) is 0.637. The number of rotatable bonds is 5. The summed E-state index contributed by atoms with van der Waals surface area (Å²) in [7, 11) is 0. The number of benzene rings is 1. The highest BCUT2D eigenvalue weighted by Gasteiger charge is 2.06. The Kier molecular flexibility index (Phi) is 4.49. The van der Waals surface area contributed by atoms with Gasteiger partial charge in [0.1, 0.15) is 0 Å². The highest BCUT2D eigenvalue weighted by atomic mass is 16.3. The Labute approximate surface area is 116 Å². The van der Waals surface area contributed by atoms with E-state index in [4.69, 9.17) is 5.11 Å².